The van der Waals surface area contributed by atoms with E-state index in [1.807, 2.05) is 38.1 Å². The van der Waals surface area contributed by atoms with Crippen LogP contribution in [-0.4, -0.2) is 28.9 Å². The number of ether oxygens (including phenoxy) is 2. The molecule has 2 heterocycles. The topological polar surface area (TPSA) is 51.6 Å². The first-order chi connectivity index (χ1) is 9.03. The van der Waals surface area contributed by atoms with Crippen LogP contribution in [0.3, 0.4) is 0 Å². The highest BCUT2D eigenvalue weighted by Gasteiger charge is 2.38. The lowest BCUT2D eigenvalue weighted by atomic mass is 9.91. The molecule has 0 aliphatic carbocycles. The number of fused-ring (bicyclic) bond motifs is 2. The van der Waals surface area contributed by atoms with Crippen molar-refractivity contribution < 1.29 is 14.6 Å². The zero-order chi connectivity index (χ0) is 13.6. The third-order valence-corrected chi connectivity index (χ3v) is 3.67. The molecule has 100 valence electrons. The van der Waals surface area contributed by atoms with Crippen molar-refractivity contribution in [3.8, 4) is 11.6 Å². The van der Waals surface area contributed by atoms with Crippen LogP contribution in [0.25, 0.3) is 10.9 Å². The minimum absolute atomic E-state index is 0.489. The highest BCUT2D eigenvalue weighted by molar-refractivity contribution is 5.87. The van der Waals surface area contributed by atoms with Crippen molar-refractivity contribution in [2.24, 2.45) is 0 Å². The van der Waals surface area contributed by atoms with Gasteiger partial charge in [0.05, 0.1) is 24.3 Å². The Morgan fingerprint density at radius 1 is 1.37 bits per heavy atom. The summed E-state index contributed by atoms with van der Waals surface area (Å²) >= 11 is 0. The van der Waals surface area contributed by atoms with E-state index in [-0.39, 0.29) is 0 Å². The standard InChI is InChI=1S/C15H17NO3/c1-15(2)12(17)8-10-13(18-3)9-6-4-5-7-11(9)16-14(10)19-15/h4-7,12,17H,8H2,1-3H3. The van der Waals surface area contributed by atoms with E-state index < -0.39 is 11.7 Å². The van der Waals surface area contributed by atoms with Gasteiger partial charge in [-0.1, -0.05) is 12.1 Å². The molecule has 0 saturated heterocycles. The van der Waals surface area contributed by atoms with Crippen LogP contribution < -0.4 is 9.47 Å². The zero-order valence-corrected chi connectivity index (χ0v) is 11.3. The summed E-state index contributed by atoms with van der Waals surface area (Å²) in [5, 5.41) is 11.1. The molecular formula is C15H17NO3. The maximum absolute atomic E-state index is 10.2. The predicted octanol–water partition coefficient (Wildman–Crippen LogP) is 2.32. The monoisotopic (exact) mass is 259 g/mol. The second-order valence-electron chi connectivity index (χ2n) is 5.37. The van der Waals surface area contributed by atoms with Crippen molar-refractivity contribution in [2.75, 3.05) is 7.11 Å². The number of aliphatic hydroxyl groups is 1. The molecule has 1 aliphatic heterocycles. The first-order valence-electron chi connectivity index (χ1n) is 6.35. The Kier molecular flexibility index (Phi) is 2.64. The number of benzene rings is 1. The van der Waals surface area contributed by atoms with Crippen LogP contribution in [-0.2, 0) is 6.42 Å². The molecule has 0 saturated carbocycles. The Morgan fingerprint density at radius 2 is 2.11 bits per heavy atom. The van der Waals surface area contributed by atoms with Crippen LogP contribution in [0.2, 0.25) is 0 Å². The van der Waals surface area contributed by atoms with Crippen LogP contribution in [0.4, 0.5) is 0 Å². The quantitative estimate of drug-likeness (QED) is 0.854. The normalized spacial score (nSPS) is 20.7. The van der Waals surface area contributed by atoms with Gasteiger partial charge in [-0.2, -0.15) is 0 Å². The van der Waals surface area contributed by atoms with Crippen LogP contribution in [0.5, 0.6) is 11.6 Å². The number of hydrogen-bond donors (Lipinski definition) is 1. The first-order valence-corrected chi connectivity index (χ1v) is 6.35. The summed E-state index contributed by atoms with van der Waals surface area (Å²) in [5.41, 5.74) is 1.05. The van der Waals surface area contributed by atoms with Crippen LogP contribution >= 0.6 is 0 Å². The molecule has 0 amide bonds. The molecule has 19 heavy (non-hydrogen) atoms. The van der Waals surface area contributed by atoms with Crippen LogP contribution in [0.1, 0.15) is 19.4 Å². The molecule has 1 aliphatic rings. The minimum atomic E-state index is -0.631. The fourth-order valence-electron chi connectivity index (χ4n) is 2.45. The van der Waals surface area contributed by atoms with Gasteiger partial charge in [0.15, 0.2) is 0 Å². The van der Waals surface area contributed by atoms with Crippen LogP contribution in [0.15, 0.2) is 24.3 Å². The number of methoxy groups -OCH3 is 1. The van der Waals surface area contributed by atoms with Crippen LogP contribution in [0, 0.1) is 0 Å². The fourth-order valence-corrected chi connectivity index (χ4v) is 2.45. The Bertz CT molecular complexity index is 637. The van der Waals surface area contributed by atoms with Gasteiger partial charge in [-0.3, -0.25) is 0 Å². The van der Waals surface area contributed by atoms with Gasteiger partial charge in [-0.15, -0.1) is 0 Å². The van der Waals surface area contributed by atoms with Crippen molar-refractivity contribution >= 4 is 10.9 Å². The molecule has 1 aromatic carbocycles. The van der Waals surface area contributed by atoms with Crippen molar-refractivity contribution in [3.63, 3.8) is 0 Å². The summed E-state index contributed by atoms with van der Waals surface area (Å²) in [6.07, 6.45) is -0.0829. The number of aromatic nitrogens is 1. The SMILES string of the molecule is COc1c2c(nc3ccccc13)OC(C)(C)C(O)C2. The second-order valence-corrected chi connectivity index (χ2v) is 5.37. The smallest absolute Gasteiger partial charge is 0.221 e. The molecule has 0 spiro atoms. The summed E-state index contributed by atoms with van der Waals surface area (Å²) < 4.78 is 11.4. The molecule has 0 bridgehead atoms. The van der Waals surface area contributed by atoms with E-state index in [1.165, 1.54) is 0 Å². The number of nitrogens with zero attached hydrogens (tertiary/aromatic N) is 1. The third kappa shape index (κ3) is 1.83. The average molecular weight is 259 g/mol. The van der Waals surface area contributed by atoms with E-state index >= 15 is 0 Å². The minimum Gasteiger partial charge on any atom is -0.496 e. The maximum atomic E-state index is 10.2. The lowest BCUT2D eigenvalue weighted by Crippen LogP contribution is -2.46. The highest BCUT2D eigenvalue weighted by Crippen LogP contribution is 2.40. The Labute approximate surface area is 112 Å². The van der Waals surface area contributed by atoms with Gasteiger partial charge in [-0.05, 0) is 26.0 Å². The number of hydrogen-bond acceptors (Lipinski definition) is 4. The van der Waals surface area contributed by atoms with Gasteiger partial charge in [-0.25, -0.2) is 4.98 Å². The molecule has 0 radical (unpaired) electrons. The van der Waals surface area contributed by atoms with Gasteiger partial charge >= 0.3 is 0 Å². The summed E-state index contributed by atoms with van der Waals surface area (Å²) in [4.78, 5) is 4.54. The molecule has 4 nitrogen and oxygen atoms in total. The number of para-hydroxylation sites is 1. The Balaban J connectivity index is 2.27. The molecule has 0 fully saturated rings. The van der Waals surface area contributed by atoms with E-state index in [0.29, 0.717) is 12.3 Å². The van der Waals surface area contributed by atoms with Crippen molar-refractivity contribution in [3.05, 3.63) is 29.8 Å². The van der Waals surface area contributed by atoms with Gasteiger partial charge in [0.25, 0.3) is 0 Å². The van der Waals surface area contributed by atoms with Crippen molar-refractivity contribution in [2.45, 2.75) is 32.0 Å². The van der Waals surface area contributed by atoms with E-state index in [0.717, 1.165) is 22.2 Å². The molecule has 1 aromatic heterocycles. The fraction of sp³-hybridized carbons (Fsp3) is 0.400. The number of aliphatic hydroxyl groups excluding tert-OH is 1. The van der Waals surface area contributed by atoms with Gasteiger partial charge in [0.1, 0.15) is 11.4 Å². The molecule has 1 unspecified atom stereocenters. The maximum Gasteiger partial charge on any atom is 0.221 e. The molecular weight excluding hydrogens is 242 g/mol. The lowest BCUT2D eigenvalue weighted by Gasteiger charge is -2.36. The zero-order valence-electron chi connectivity index (χ0n) is 11.3. The Morgan fingerprint density at radius 3 is 2.84 bits per heavy atom. The summed E-state index contributed by atoms with van der Waals surface area (Å²) in [6, 6.07) is 7.78. The summed E-state index contributed by atoms with van der Waals surface area (Å²) in [5.74, 6) is 1.31. The summed E-state index contributed by atoms with van der Waals surface area (Å²) in [6.45, 7) is 3.73. The second kappa shape index (κ2) is 4.10. The molecule has 2 aromatic rings. The molecule has 1 N–H and O–H groups in total. The van der Waals surface area contributed by atoms with E-state index in [4.69, 9.17) is 9.47 Å². The van der Waals surface area contributed by atoms with Gasteiger partial charge in [0, 0.05) is 11.8 Å². The first kappa shape index (κ1) is 12.2. The molecule has 3 rings (SSSR count). The van der Waals surface area contributed by atoms with E-state index in [2.05, 4.69) is 4.98 Å². The van der Waals surface area contributed by atoms with E-state index in [9.17, 15) is 5.11 Å². The van der Waals surface area contributed by atoms with Crippen molar-refractivity contribution in [1.29, 1.82) is 0 Å². The van der Waals surface area contributed by atoms with Gasteiger partial charge in [0.2, 0.25) is 5.88 Å². The summed E-state index contributed by atoms with van der Waals surface area (Å²) in [7, 11) is 1.63. The van der Waals surface area contributed by atoms with Crippen molar-refractivity contribution in [1.82, 2.24) is 4.98 Å². The predicted molar refractivity (Wildman–Crippen MR) is 72.7 cm³/mol. The largest absolute Gasteiger partial charge is 0.496 e. The Hall–Kier alpha value is -1.81. The molecule has 1 atom stereocenters. The third-order valence-electron chi connectivity index (χ3n) is 3.67. The number of pyridine rings is 1. The number of rotatable bonds is 1. The highest BCUT2D eigenvalue weighted by atomic mass is 16.5. The lowest BCUT2D eigenvalue weighted by molar-refractivity contribution is -0.0445. The molecule has 4 heteroatoms. The average Bonchev–Trinajstić information content (AvgIpc) is 2.37. The van der Waals surface area contributed by atoms with E-state index in [1.54, 1.807) is 7.11 Å². The van der Waals surface area contributed by atoms with Gasteiger partial charge < -0.3 is 14.6 Å².